The zero-order chi connectivity index (χ0) is 34.3. The Morgan fingerprint density at radius 3 is 2.49 bits per heavy atom. The van der Waals surface area contributed by atoms with Crippen LogP contribution in [0.15, 0.2) is 126 Å². The normalized spacial score (nSPS) is 19.1. The van der Waals surface area contributed by atoms with Crippen molar-refractivity contribution in [2.75, 3.05) is 11.2 Å². The highest BCUT2D eigenvalue weighted by atomic mass is 35.5. The van der Waals surface area contributed by atoms with Crippen LogP contribution in [-0.2, 0) is 19.4 Å². The topological polar surface area (TPSA) is 162 Å². The first-order valence-corrected chi connectivity index (χ1v) is 18.1. The lowest BCUT2D eigenvalue weighted by Crippen LogP contribution is -2.35. The lowest BCUT2D eigenvalue weighted by molar-refractivity contribution is -0.114. The third kappa shape index (κ3) is 6.61. The Morgan fingerprint density at radius 1 is 1.00 bits per heavy atom. The lowest BCUT2D eigenvalue weighted by Gasteiger charge is -2.19. The van der Waals surface area contributed by atoms with Gasteiger partial charge in [-0.15, -0.1) is 5.10 Å². The van der Waals surface area contributed by atoms with E-state index in [-0.39, 0.29) is 38.4 Å². The maximum Gasteiger partial charge on any atom is 0.283 e. The molecule has 12 nitrogen and oxygen atoms in total. The number of carbonyl (C=O) groups is 2. The molecule has 0 spiro atoms. The Kier molecular flexibility index (Phi) is 8.58. The molecule has 49 heavy (non-hydrogen) atoms. The van der Waals surface area contributed by atoms with Gasteiger partial charge in [-0.05, 0) is 90.3 Å². The zero-order valence-corrected chi connectivity index (χ0v) is 28.3. The van der Waals surface area contributed by atoms with Crippen LogP contribution in [0.3, 0.4) is 0 Å². The van der Waals surface area contributed by atoms with Crippen LogP contribution in [0.5, 0.6) is 0 Å². The Hall–Kier alpha value is -5.22. The number of anilines is 1. The van der Waals surface area contributed by atoms with Gasteiger partial charge < -0.3 is 8.83 Å². The monoisotopic (exact) mass is 728 g/mol. The SMILES string of the molecule is CS(=O)(=O)C1=NN2C(=N)/C(=C\c3cc(N4C(=O)/C(=C\C=C\c5ccco5)S/C4=N\c4ccccc4)c(-c4ccc(Cl)cc4)o3)C(=O)N=C2S1. The van der Waals surface area contributed by atoms with Crippen LogP contribution < -0.4 is 4.90 Å². The minimum atomic E-state index is -3.71. The van der Waals surface area contributed by atoms with Crippen molar-refractivity contribution in [3.63, 3.8) is 0 Å². The number of thioether (sulfide) groups is 2. The molecule has 5 heterocycles. The lowest BCUT2D eigenvalue weighted by atomic mass is 10.1. The molecule has 3 aliphatic heterocycles. The second kappa shape index (κ2) is 13.0. The third-order valence-electron chi connectivity index (χ3n) is 6.96. The summed E-state index contributed by atoms with van der Waals surface area (Å²) in [5, 5.41) is 14.4. The van der Waals surface area contributed by atoms with Gasteiger partial charge >= 0.3 is 0 Å². The summed E-state index contributed by atoms with van der Waals surface area (Å²) in [6.07, 6.45) is 8.93. The van der Waals surface area contributed by atoms with Gasteiger partial charge in [-0.1, -0.05) is 35.9 Å². The van der Waals surface area contributed by atoms with E-state index < -0.39 is 15.7 Å². The van der Waals surface area contributed by atoms with E-state index in [4.69, 9.17) is 30.8 Å². The number of allylic oxidation sites excluding steroid dienone is 2. The first-order valence-electron chi connectivity index (χ1n) is 14.2. The van der Waals surface area contributed by atoms with Crippen molar-refractivity contribution in [1.82, 2.24) is 5.01 Å². The van der Waals surface area contributed by atoms with Crippen molar-refractivity contribution in [1.29, 1.82) is 5.41 Å². The molecule has 1 N–H and O–H groups in total. The molecule has 0 saturated carbocycles. The largest absolute Gasteiger partial charge is 0.465 e. The molecule has 3 aliphatic rings. The highest BCUT2D eigenvalue weighted by Gasteiger charge is 2.40. The molecule has 2 aromatic carbocycles. The Morgan fingerprint density at radius 2 is 1.78 bits per heavy atom. The molecule has 244 valence electrons. The number of hydrazone groups is 1. The molecule has 0 atom stereocenters. The molecule has 7 rings (SSSR count). The van der Waals surface area contributed by atoms with E-state index in [2.05, 4.69) is 10.1 Å². The number of sulfone groups is 1. The number of aliphatic imine (C=N–C) groups is 2. The van der Waals surface area contributed by atoms with Crippen LogP contribution in [0, 0.1) is 5.41 Å². The van der Waals surface area contributed by atoms with E-state index in [9.17, 15) is 18.0 Å². The van der Waals surface area contributed by atoms with E-state index in [1.54, 1.807) is 67.0 Å². The molecule has 2 aromatic heterocycles. The van der Waals surface area contributed by atoms with Crippen LogP contribution in [0.25, 0.3) is 23.5 Å². The zero-order valence-electron chi connectivity index (χ0n) is 25.1. The summed E-state index contributed by atoms with van der Waals surface area (Å²) < 4.78 is 35.5. The highest BCUT2D eigenvalue weighted by Crippen LogP contribution is 2.43. The molecule has 2 amide bonds. The summed E-state index contributed by atoms with van der Waals surface area (Å²) >= 11 is 8.03. The number of halogens is 1. The molecule has 0 radical (unpaired) electrons. The van der Waals surface area contributed by atoms with Gasteiger partial charge in [0.05, 0.1) is 28.1 Å². The molecule has 16 heteroatoms. The van der Waals surface area contributed by atoms with Crippen LogP contribution in [-0.4, -0.2) is 52.0 Å². The van der Waals surface area contributed by atoms with Crippen LogP contribution in [0.2, 0.25) is 5.02 Å². The van der Waals surface area contributed by atoms with Crippen molar-refractivity contribution >= 4 is 101 Å². The van der Waals surface area contributed by atoms with Crippen molar-refractivity contribution in [2.24, 2.45) is 15.1 Å². The Labute approximate surface area is 292 Å². The van der Waals surface area contributed by atoms with Gasteiger partial charge in [-0.2, -0.15) is 10.0 Å². The summed E-state index contributed by atoms with van der Waals surface area (Å²) in [4.78, 5) is 37.7. The van der Waals surface area contributed by atoms with E-state index in [0.717, 1.165) is 11.3 Å². The van der Waals surface area contributed by atoms with E-state index >= 15 is 0 Å². The molecule has 1 saturated heterocycles. The van der Waals surface area contributed by atoms with Crippen LogP contribution in [0.1, 0.15) is 11.5 Å². The minimum Gasteiger partial charge on any atom is -0.465 e. The van der Waals surface area contributed by atoms with Crippen molar-refractivity contribution < 1.29 is 26.8 Å². The molecular weight excluding hydrogens is 708 g/mol. The summed E-state index contributed by atoms with van der Waals surface area (Å²) in [7, 11) is -3.71. The standard InChI is InChI=1S/C33H21ClN6O6S3/c1-49(43,44)33-38-40-28(35)24(29(41)37-32(40)48-33)17-23-18-25(27(46-23)19-12-14-20(34)15-13-19)39-30(42)26(11-5-9-22-10-6-16-45-22)47-31(39)36-21-7-3-2-4-8-21/h2-18,35H,1H3/b9-5+,24-17+,26-11+,35-28?,36-31-. The number of benzene rings is 2. The fourth-order valence-corrected chi connectivity index (χ4v) is 7.47. The number of amidine groups is 3. The van der Waals surface area contributed by atoms with Crippen LogP contribution >= 0.6 is 35.1 Å². The second-order valence-electron chi connectivity index (χ2n) is 10.4. The molecule has 0 unspecified atom stereocenters. The van der Waals surface area contributed by atoms with Crippen molar-refractivity contribution in [2.45, 2.75) is 0 Å². The number of fused-ring (bicyclic) bond motifs is 1. The van der Waals surface area contributed by atoms with E-state index in [1.165, 1.54) is 22.7 Å². The fourth-order valence-electron chi connectivity index (χ4n) is 4.72. The summed E-state index contributed by atoms with van der Waals surface area (Å²) in [5.74, 6) is -0.569. The molecular formula is C33H21ClN6O6S3. The quantitative estimate of drug-likeness (QED) is 0.203. The molecule has 4 aromatic rings. The number of furan rings is 2. The smallest absolute Gasteiger partial charge is 0.283 e. The number of hydrogen-bond donors (Lipinski definition) is 1. The first-order chi connectivity index (χ1) is 23.5. The van der Waals surface area contributed by atoms with Gasteiger partial charge in [0.25, 0.3) is 11.8 Å². The van der Waals surface area contributed by atoms with Gasteiger partial charge in [0.2, 0.25) is 19.4 Å². The molecule has 0 bridgehead atoms. The number of carbonyl (C=O) groups excluding carboxylic acids is 2. The number of rotatable bonds is 6. The molecule has 1 fully saturated rings. The maximum atomic E-state index is 14.1. The number of para-hydroxylation sites is 1. The van der Waals surface area contributed by atoms with E-state index in [1.807, 2.05) is 30.3 Å². The average Bonchev–Trinajstić information content (AvgIpc) is 3.88. The van der Waals surface area contributed by atoms with Gasteiger partial charge in [-0.3, -0.25) is 19.9 Å². The maximum absolute atomic E-state index is 14.1. The van der Waals surface area contributed by atoms with Gasteiger partial charge in [-0.25, -0.2) is 13.4 Å². The number of amides is 2. The van der Waals surface area contributed by atoms with Gasteiger partial charge in [0.15, 0.2) is 16.8 Å². The van der Waals surface area contributed by atoms with Crippen molar-refractivity contribution in [3.05, 3.63) is 118 Å². The van der Waals surface area contributed by atoms with Crippen LogP contribution in [0.4, 0.5) is 11.4 Å². The number of nitrogens with zero attached hydrogens (tertiary/aromatic N) is 5. The van der Waals surface area contributed by atoms with Gasteiger partial charge in [0, 0.05) is 22.9 Å². The van der Waals surface area contributed by atoms with Crippen molar-refractivity contribution in [3.8, 4) is 11.3 Å². The minimum absolute atomic E-state index is 0.0450. The summed E-state index contributed by atoms with van der Waals surface area (Å²) in [6, 6.07) is 21.0. The first kappa shape index (κ1) is 32.3. The predicted molar refractivity (Wildman–Crippen MR) is 193 cm³/mol. The third-order valence-corrected chi connectivity index (χ3v) is 10.8. The molecule has 0 aliphatic carbocycles. The Bertz CT molecular complexity index is 2320. The summed E-state index contributed by atoms with van der Waals surface area (Å²) in [6.45, 7) is 0. The number of nitrogens with one attached hydrogen (secondary N) is 1. The second-order valence-corrected chi connectivity index (χ2v) is 15.0. The summed E-state index contributed by atoms with van der Waals surface area (Å²) in [5.41, 5.74) is 1.30. The number of hydrogen-bond acceptors (Lipinski definition) is 11. The van der Waals surface area contributed by atoms with Gasteiger partial charge in [0.1, 0.15) is 11.5 Å². The fraction of sp³-hybridized carbons (Fsp3) is 0.0303. The average molecular weight is 729 g/mol. The highest BCUT2D eigenvalue weighted by molar-refractivity contribution is 8.42. The van der Waals surface area contributed by atoms with E-state index in [0.29, 0.717) is 49.6 Å². The Balaban J connectivity index is 1.34. The predicted octanol–water partition coefficient (Wildman–Crippen LogP) is 7.18.